The van der Waals surface area contributed by atoms with E-state index in [9.17, 15) is 34.8 Å². The third-order valence-electron chi connectivity index (χ3n) is 7.52. The number of hydrogen-bond acceptors (Lipinski definition) is 12. The van der Waals surface area contributed by atoms with Crippen LogP contribution in [0.5, 0.6) is 0 Å². The molecule has 0 aliphatic carbocycles. The maximum absolute atomic E-state index is 10.3. The highest BCUT2D eigenvalue weighted by Crippen LogP contribution is 2.40. The summed E-state index contributed by atoms with van der Waals surface area (Å²) in [5, 5.41) is 77.0. The van der Waals surface area contributed by atoms with Crippen molar-refractivity contribution in [2.75, 3.05) is 13.2 Å². The molecule has 0 aromatic rings. The van der Waals surface area contributed by atoms with Gasteiger partial charge in [-0.2, -0.15) is 10.1 Å². The van der Waals surface area contributed by atoms with Gasteiger partial charge in [0.1, 0.15) is 0 Å². The van der Waals surface area contributed by atoms with Crippen LogP contribution in [-0.2, 0) is 24.1 Å². The van der Waals surface area contributed by atoms with Gasteiger partial charge in [0.2, 0.25) is 0 Å². The molecule has 0 saturated carbocycles. The van der Waals surface area contributed by atoms with Gasteiger partial charge in [-0.25, -0.2) is 4.79 Å². The Bertz CT molecular complexity index is 937. The van der Waals surface area contributed by atoms with E-state index in [0.717, 1.165) is 0 Å². The Morgan fingerprint density at radius 1 is 0.596 bits per heavy atom. The lowest BCUT2D eigenvalue weighted by atomic mass is 9.80. The summed E-state index contributed by atoms with van der Waals surface area (Å²) in [5.74, 6) is -5.02. The van der Waals surface area contributed by atoms with E-state index < -0.39 is 47.6 Å². The molecule has 0 spiro atoms. The van der Waals surface area contributed by atoms with Gasteiger partial charge in [-0.15, -0.1) is 0 Å². The monoisotopic (exact) mass is 682 g/mol. The second kappa shape index (κ2) is 16.2. The summed E-state index contributed by atoms with van der Waals surface area (Å²) in [4.78, 5) is 42.1. The van der Waals surface area contributed by atoms with Crippen molar-refractivity contribution >= 4 is 17.9 Å². The quantitative estimate of drug-likeness (QED) is 0.156. The normalized spacial score (nSPS) is 21.9. The largest absolute Gasteiger partial charge is 0.481 e. The lowest BCUT2D eigenvalue weighted by Crippen LogP contribution is -2.62. The molecule has 8 N–H and O–H groups in total. The highest BCUT2D eigenvalue weighted by atomic mass is 16.7. The van der Waals surface area contributed by atoms with Crippen LogP contribution in [0.25, 0.3) is 0 Å². The van der Waals surface area contributed by atoms with Crippen LogP contribution in [-0.4, -0.2) is 133 Å². The van der Waals surface area contributed by atoms with Crippen molar-refractivity contribution in [3.05, 3.63) is 0 Å². The van der Waals surface area contributed by atoms with Crippen LogP contribution in [0.1, 0.15) is 122 Å². The zero-order valence-corrected chi connectivity index (χ0v) is 30.3. The van der Waals surface area contributed by atoms with Crippen LogP contribution in [0.2, 0.25) is 0 Å². The van der Waals surface area contributed by atoms with E-state index in [1.807, 2.05) is 10.1 Å². The standard InChI is InChI=1S/2C13H27NO3.C6H8O7/c2*1-11(2)7-10(15)8-12(3,4)14(11)17-9-13(5,6)16;7-3(8)1-6(13,5(11)12)2-4(9)10/h2*10,15-16H,7-9H2,1-6H3;13H,1-2H2,(H,7,8)(H,9,10)(H,11,12). The molecule has 15 heteroatoms. The lowest BCUT2D eigenvalue weighted by Gasteiger charge is -2.53. The Morgan fingerprint density at radius 3 is 1.00 bits per heavy atom. The first-order valence-electron chi connectivity index (χ1n) is 15.7. The fourth-order valence-electron chi connectivity index (χ4n) is 6.28. The average Bonchev–Trinajstić information content (AvgIpc) is 2.73. The fourth-order valence-corrected chi connectivity index (χ4v) is 6.28. The molecule has 0 aromatic heterocycles. The molecule has 2 saturated heterocycles. The topological polar surface area (TPSA) is 238 Å². The Morgan fingerprint density at radius 2 is 0.830 bits per heavy atom. The molecule has 0 unspecified atom stereocenters. The predicted molar refractivity (Wildman–Crippen MR) is 172 cm³/mol. The molecular formula is C32H62N2O13. The smallest absolute Gasteiger partial charge is 0.336 e. The minimum atomic E-state index is -2.74. The number of aliphatic hydroxyl groups is 5. The van der Waals surface area contributed by atoms with Crippen molar-refractivity contribution in [1.82, 2.24) is 10.1 Å². The van der Waals surface area contributed by atoms with Gasteiger partial charge in [-0.1, -0.05) is 0 Å². The van der Waals surface area contributed by atoms with Crippen LogP contribution in [0.15, 0.2) is 0 Å². The first kappa shape index (κ1) is 45.0. The summed E-state index contributed by atoms with van der Waals surface area (Å²) in [6.07, 6.45) is -0.137. The third kappa shape index (κ3) is 15.9. The molecule has 2 aliphatic heterocycles. The number of carbonyl (C=O) groups is 3. The van der Waals surface area contributed by atoms with Crippen LogP contribution < -0.4 is 0 Å². The summed E-state index contributed by atoms with van der Waals surface area (Å²) in [5.41, 5.74) is -5.35. The van der Waals surface area contributed by atoms with Crippen molar-refractivity contribution in [2.24, 2.45) is 0 Å². The van der Waals surface area contributed by atoms with E-state index in [0.29, 0.717) is 25.7 Å². The Labute approximate surface area is 279 Å². The molecule has 47 heavy (non-hydrogen) atoms. The molecule has 0 atom stereocenters. The van der Waals surface area contributed by atoms with Gasteiger partial charge >= 0.3 is 17.9 Å². The van der Waals surface area contributed by atoms with Crippen LogP contribution in [0, 0.1) is 0 Å². The number of aliphatic hydroxyl groups excluding tert-OH is 2. The summed E-state index contributed by atoms with van der Waals surface area (Å²) < 4.78 is 0. The number of nitrogens with zero attached hydrogens (tertiary/aromatic N) is 2. The van der Waals surface area contributed by atoms with E-state index in [1.54, 1.807) is 27.7 Å². The Kier molecular flexibility index (Phi) is 15.5. The third-order valence-corrected chi connectivity index (χ3v) is 7.52. The molecule has 2 rings (SSSR count). The number of piperidine rings is 2. The Balaban J connectivity index is 0.000000684. The number of hydroxylamine groups is 4. The predicted octanol–water partition coefficient (Wildman–Crippen LogP) is 2.16. The summed E-state index contributed by atoms with van der Waals surface area (Å²) in [7, 11) is 0. The van der Waals surface area contributed by atoms with Crippen molar-refractivity contribution in [2.45, 2.75) is 173 Å². The highest BCUT2D eigenvalue weighted by molar-refractivity contribution is 5.88. The molecule has 2 fully saturated rings. The van der Waals surface area contributed by atoms with Gasteiger partial charge < -0.3 is 40.9 Å². The van der Waals surface area contributed by atoms with Crippen molar-refractivity contribution < 1.29 is 64.9 Å². The van der Waals surface area contributed by atoms with Crippen molar-refractivity contribution in [3.8, 4) is 0 Å². The number of carboxylic acids is 3. The second-order valence-corrected chi connectivity index (χ2v) is 16.6. The van der Waals surface area contributed by atoms with Gasteiger partial charge in [0.15, 0.2) is 5.60 Å². The van der Waals surface area contributed by atoms with E-state index in [1.165, 1.54) is 0 Å². The molecule has 15 nitrogen and oxygen atoms in total. The molecule has 0 bridgehead atoms. The highest BCUT2D eigenvalue weighted by Gasteiger charge is 2.48. The first-order chi connectivity index (χ1) is 20.7. The summed E-state index contributed by atoms with van der Waals surface area (Å²) >= 11 is 0. The molecule has 278 valence electrons. The maximum atomic E-state index is 10.3. The molecule has 2 aliphatic rings. The van der Waals surface area contributed by atoms with Crippen LogP contribution >= 0.6 is 0 Å². The lowest BCUT2D eigenvalue weighted by molar-refractivity contribution is -0.306. The summed E-state index contributed by atoms with van der Waals surface area (Å²) in [6.45, 7) is 23.9. The van der Waals surface area contributed by atoms with E-state index in [4.69, 9.17) is 30.1 Å². The zero-order valence-electron chi connectivity index (χ0n) is 30.3. The van der Waals surface area contributed by atoms with Gasteiger partial charge in [-0.05, 0) is 109 Å². The minimum absolute atomic E-state index is 0.230. The van der Waals surface area contributed by atoms with Gasteiger partial charge in [0.25, 0.3) is 0 Å². The van der Waals surface area contributed by atoms with Crippen LogP contribution in [0.3, 0.4) is 0 Å². The number of hydrogen-bond donors (Lipinski definition) is 8. The Hall–Kier alpha value is -1.95. The van der Waals surface area contributed by atoms with Crippen molar-refractivity contribution in [1.29, 1.82) is 0 Å². The SMILES string of the molecule is CC(C)(O)CON1C(C)(C)CC(O)CC1(C)C.CC(C)(O)CON1C(C)(C)CC(O)CC1(C)C.O=C(O)CC(O)(CC(=O)O)C(=O)O. The average molecular weight is 683 g/mol. The van der Waals surface area contributed by atoms with E-state index in [-0.39, 0.29) is 47.6 Å². The van der Waals surface area contributed by atoms with Gasteiger partial charge in [-0.3, -0.25) is 19.3 Å². The second-order valence-electron chi connectivity index (χ2n) is 16.6. The van der Waals surface area contributed by atoms with Crippen LogP contribution in [0.4, 0.5) is 0 Å². The molecule has 2 heterocycles. The van der Waals surface area contributed by atoms with Gasteiger partial charge in [0, 0.05) is 22.2 Å². The maximum Gasteiger partial charge on any atom is 0.336 e. The molecule has 0 aromatic carbocycles. The van der Waals surface area contributed by atoms with Gasteiger partial charge in [0.05, 0.1) is 49.5 Å². The number of carboxylic acid groups (broad SMARTS) is 3. The molecule has 0 amide bonds. The van der Waals surface area contributed by atoms with Crippen molar-refractivity contribution in [3.63, 3.8) is 0 Å². The summed E-state index contributed by atoms with van der Waals surface area (Å²) in [6, 6.07) is 0. The number of rotatable bonds is 11. The zero-order chi connectivity index (χ0) is 37.6. The fraction of sp³-hybridized carbons (Fsp3) is 0.906. The number of aliphatic carboxylic acids is 3. The molecule has 0 radical (unpaired) electrons. The first-order valence-corrected chi connectivity index (χ1v) is 15.7. The molecular weight excluding hydrogens is 620 g/mol. The van der Waals surface area contributed by atoms with E-state index in [2.05, 4.69) is 55.4 Å². The minimum Gasteiger partial charge on any atom is -0.481 e. The van der Waals surface area contributed by atoms with E-state index >= 15 is 0 Å².